The van der Waals surface area contributed by atoms with Crippen LogP contribution in [0.4, 0.5) is 13.2 Å². The summed E-state index contributed by atoms with van der Waals surface area (Å²) < 4.78 is 42.9. The van der Waals surface area contributed by atoms with Crippen LogP contribution >= 0.6 is 46.4 Å². The zero-order valence-corrected chi connectivity index (χ0v) is 16.4. The number of carboxylic acids is 1. The van der Waals surface area contributed by atoms with Crippen molar-refractivity contribution in [1.82, 2.24) is 0 Å². The van der Waals surface area contributed by atoms with Gasteiger partial charge in [0.1, 0.15) is 11.5 Å². The lowest BCUT2D eigenvalue weighted by Gasteiger charge is -2.27. The van der Waals surface area contributed by atoms with Crippen LogP contribution in [0.3, 0.4) is 0 Å². The Hall–Kier alpha value is -1.80. The number of rotatable bonds is 1. The van der Waals surface area contributed by atoms with Crippen LogP contribution < -0.4 is 4.74 Å². The zero-order chi connectivity index (χ0) is 21.2. The molecule has 0 fully saturated rings. The van der Waals surface area contributed by atoms with Crippen LogP contribution in [-0.4, -0.2) is 28.5 Å². The van der Waals surface area contributed by atoms with Gasteiger partial charge in [-0.15, -0.1) is 0 Å². The highest BCUT2D eigenvalue weighted by Crippen LogP contribution is 2.40. The van der Waals surface area contributed by atoms with E-state index < -0.39 is 23.8 Å². The van der Waals surface area contributed by atoms with Crippen LogP contribution in [0.15, 0.2) is 35.9 Å². The van der Waals surface area contributed by atoms with Gasteiger partial charge in [-0.05, 0) is 30.3 Å². The summed E-state index contributed by atoms with van der Waals surface area (Å²) >= 11 is 22.4. The molecule has 3 rings (SSSR count). The van der Waals surface area contributed by atoms with Gasteiger partial charge in [0, 0.05) is 11.6 Å². The maximum absolute atomic E-state index is 12.7. The number of halogens is 7. The molecule has 1 atom stereocenters. The molecule has 2 N–H and O–H groups in total. The van der Waals surface area contributed by atoms with E-state index in [2.05, 4.69) is 4.74 Å². The molecule has 2 aromatic carbocycles. The minimum atomic E-state index is -4.84. The van der Waals surface area contributed by atoms with Gasteiger partial charge < -0.3 is 14.9 Å². The summed E-state index contributed by atoms with van der Waals surface area (Å²) in [5, 5.41) is 18.5. The van der Waals surface area contributed by atoms with Crippen molar-refractivity contribution in [3.63, 3.8) is 0 Å². The van der Waals surface area contributed by atoms with E-state index in [-0.39, 0.29) is 27.1 Å². The largest absolute Gasteiger partial charge is 0.508 e. The van der Waals surface area contributed by atoms with E-state index in [1.807, 2.05) is 0 Å². The van der Waals surface area contributed by atoms with Crippen LogP contribution in [0.25, 0.3) is 6.08 Å². The molecule has 0 amide bonds. The van der Waals surface area contributed by atoms with Crippen LogP contribution in [0.2, 0.25) is 20.1 Å². The molecule has 0 bridgehead atoms. The summed E-state index contributed by atoms with van der Waals surface area (Å²) in [6, 6.07) is 6.78. The summed E-state index contributed by atoms with van der Waals surface area (Å²) in [5.74, 6) is -1.75. The summed E-state index contributed by atoms with van der Waals surface area (Å²) in [6.45, 7) is 0. The molecular weight excluding hydrogens is 467 g/mol. The number of benzene rings is 2. The van der Waals surface area contributed by atoms with Gasteiger partial charge in [0.25, 0.3) is 0 Å². The minimum Gasteiger partial charge on any atom is -0.508 e. The Morgan fingerprint density at radius 1 is 0.964 bits per heavy atom. The van der Waals surface area contributed by atoms with E-state index in [9.17, 15) is 18.0 Å². The molecule has 0 saturated heterocycles. The number of ether oxygens (including phenoxy) is 1. The van der Waals surface area contributed by atoms with Gasteiger partial charge in [-0.1, -0.05) is 46.4 Å². The molecule has 0 aromatic heterocycles. The lowest BCUT2D eigenvalue weighted by Crippen LogP contribution is -2.40. The molecule has 1 unspecified atom stereocenters. The van der Waals surface area contributed by atoms with Crippen molar-refractivity contribution in [2.24, 2.45) is 0 Å². The molecule has 0 saturated carbocycles. The predicted molar refractivity (Wildman–Crippen MR) is 101 cm³/mol. The van der Waals surface area contributed by atoms with E-state index in [1.54, 1.807) is 6.07 Å². The topological polar surface area (TPSA) is 66.8 Å². The van der Waals surface area contributed by atoms with Crippen LogP contribution in [-0.2, 0) is 4.79 Å². The number of phenolic OH excluding ortho intramolecular Hbond substituents is 1. The fourth-order valence-electron chi connectivity index (χ4n) is 2.09. The van der Waals surface area contributed by atoms with Crippen molar-refractivity contribution in [3.05, 3.63) is 61.6 Å². The number of hydrogen-bond donors (Lipinski definition) is 2. The lowest BCUT2D eigenvalue weighted by molar-refractivity contribution is -0.187. The molecule has 2 aromatic rings. The van der Waals surface area contributed by atoms with Crippen molar-refractivity contribution in [2.45, 2.75) is 12.3 Å². The lowest BCUT2D eigenvalue weighted by atomic mass is 10.0. The van der Waals surface area contributed by atoms with Crippen molar-refractivity contribution in [2.75, 3.05) is 0 Å². The monoisotopic (exact) mass is 474 g/mol. The van der Waals surface area contributed by atoms with Gasteiger partial charge in [-0.3, -0.25) is 0 Å². The minimum absolute atomic E-state index is 0.0218. The molecule has 0 radical (unpaired) electrons. The fraction of sp³-hybridized carbons (Fsp3) is 0.118. The molecule has 11 heteroatoms. The number of phenols is 1. The highest BCUT2D eigenvalue weighted by molar-refractivity contribution is 6.42. The number of carboxylic acid groups (broad SMARTS) is 1. The Bertz CT molecular complexity index is 945. The van der Waals surface area contributed by atoms with Crippen LogP contribution in [0, 0.1) is 0 Å². The Morgan fingerprint density at radius 3 is 2.04 bits per heavy atom. The predicted octanol–water partition coefficient (Wildman–Crippen LogP) is 6.48. The third-order valence-electron chi connectivity index (χ3n) is 3.34. The van der Waals surface area contributed by atoms with E-state index in [0.717, 1.165) is 12.1 Å². The second-order valence-electron chi connectivity index (χ2n) is 5.35. The Kier molecular flexibility index (Phi) is 6.98. The van der Waals surface area contributed by atoms with Crippen molar-refractivity contribution >= 4 is 58.4 Å². The first-order valence-electron chi connectivity index (χ1n) is 7.21. The first kappa shape index (κ1) is 22.5. The average molecular weight is 476 g/mol. The summed E-state index contributed by atoms with van der Waals surface area (Å²) in [5.41, 5.74) is -0.773. The van der Waals surface area contributed by atoms with Gasteiger partial charge in [0.2, 0.25) is 6.10 Å². The smallest absolute Gasteiger partial charge is 0.430 e. The molecule has 150 valence electrons. The fourth-order valence-corrected chi connectivity index (χ4v) is 2.71. The molecular formula is C17H9Cl4F3O4. The van der Waals surface area contributed by atoms with Crippen LogP contribution in [0.5, 0.6) is 11.5 Å². The Balaban J connectivity index is 0.000000261. The van der Waals surface area contributed by atoms with E-state index in [4.69, 9.17) is 56.6 Å². The zero-order valence-electron chi connectivity index (χ0n) is 13.4. The number of carbonyl (C=O) groups is 1. The number of fused-ring (bicyclic) bond motifs is 1. The van der Waals surface area contributed by atoms with Gasteiger partial charge in [0.15, 0.2) is 0 Å². The molecule has 1 heterocycles. The van der Waals surface area contributed by atoms with E-state index in [1.165, 1.54) is 18.2 Å². The van der Waals surface area contributed by atoms with Crippen molar-refractivity contribution in [1.29, 1.82) is 0 Å². The first-order valence-corrected chi connectivity index (χ1v) is 8.72. The maximum atomic E-state index is 12.7. The summed E-state index contributed by atoms with van der Waals surface area (Å²) in [7, 11) is 0. The van der Waals surface area contributed by atoms with Crippen molar-refractivity contribution < 1.29 is 32.9 Å². The standard InChI is InChI=1S/C11H5Cl2F3O3.C6H4Cl2O/c12-6-2-4-1-5(10(17)18)9(11(14,15)16)19-8(4)3-7(6)13;7-5-2-1-4(9)3-6(5)8/h1-3,9H,(H,17,18);1-3,9H. The molecule has 0 aliphatic carbocycles. The normalized spacial score (nSPS) is 15.5. The molecule has 1 aliphatic heterocycles. The van der Waals surface area contributed by atoms with E-state index in [0.29, 0.717) is 10.0 Å². The second kappa shape index (κ2) is 8.69. The number of aliphatic carboxylic acids is 1. The van der Waals surface area contributed by atoms with Gasteiger partial charge in [0.05, 0.1) is 25.7 Å². The SMILES string of the molecule is O=C(O)C1=Cc2cc(Cl)c(Cl)cc2OC1C(F)(F)F.Oc1ccc(Cl)c(Cl)c1. The number of aromatic hydroxyl groups is 1. The second-order valence-corrected chi connectivity index (χ2v) is 6.98. The van der Waals surface area contributed by atoms with Gasteiger partial charge in [-0.2, -0.15) is 13.2 Å². The molecule has 4 nitrogen and oxygen atoms in total. The van der Waals surface area contributed by atoms with Crippen molar-refractivity contribution in [3.8, 4) is 11.5 Å². The third kappa shape index (κ3) is 5.38. The van der Waals surface area contributed by atoms with Gasteiger partial charge in [-0.25, -0.2) is 4.79 Å². The van der Waals surface area contributed by atoms with Crippen LogP contribution in [0.1, 0.15) is 5.56 Å². The third-order valence-corrected chi connectivity index (χ3v) is 4.80. The average Bonchev–Trinajstić information content (AvgIpc) is 2.58. The Morgan fingerprint density at radius 2 is 1.54 bits per heavy atom. The summed E-state index contributed by atoms with van der Waals surface area (Å²) in [6.07, 6.45) is -6.50. The molecule has 28 heavy (non-hydrogen) atoms. The summed E-state index contributed by atoms with van der Waals surface area (Å²) in [4.78, 5) is 10.9. The maximum Gasteiger partial charge on any atom is 0.430 e. The number of hydrogen-bond acceptors (Lipinski definition) is 3. The highest BCUT2D eigenvalue weighted by atomic mass is 35.5. The van der Waals surface area contributed by atoms with Gasteiger partial charge >= 0.3 is 12.1 Å². The first-order chi connectivity index (χ1) is 12.9. The molecule has 1 aliphatic rings. The quantitative estimate of drug-likeness (QED) is 0.495. The highest BCUT2D eigenvalue weighted by Gasteiger charge is 2.48. The van der Waals surface area contributed by atoms with E-state index >= 15 is 0 Å². The Labute approximate surface area is 176 Å². The molecule has 0 spiro atoms. The number of alkyl halides is 3.